The third-order valence-electron chi connectivity index (χ3n) is 2.91. The Kier molecular flexibility index (Phi) is 4.70. The van der Waals surface area contributed by atoms with Gasteiger partial charge in [0.1, 0.15) is 16.6 Å². The Morgan fingerprint density at radius 2 is 1.71 bits per heavy atom. The number of ketones is 1. The van der Waals surface area contributed by atoms with Crippen LogP contribution in [0.5, 0.6) is 11.5 Å². The van der Waals surface area contributed by atoms with Gasteiger partial charge in [0.25, 0.3) is 0 Å². The Morgan fingerprint density at radius 1 is 1.05 bits per heavy atom. The quantitative estimate of drug-likeness (QED) is 0.781. The first kappa shape index (κ1) is 15.6. The molecule has 0 N–H and O–H groups in total. The maximum absolute atomic E-state index is 13.9. The number of hydrogen-bond acceptors (Lipinski definition) is 3. The van der Waals surface area contributed by atoms with E-state index in [1.54, 1.807) is 0 Å². The van der Waals surface area contributed by atoms with Gasteiger partial charge in [0.2, 0.25) is 0 Å². The molecule has 0 spiro atoms. The Balaban J connectivity index is 2.55. The van der Waals surface area contributed by atoms with Crippen LogP contribution >= 0.6 is 23.2 Å². The lowest BCUT2D eigenvalue weighted by atomic mass is 10.0. The molecule has 2 aromatic carbocycles. The van der Waals surface area contributed by atoms with E-state index in [2.05, 4.69) is 0 Å². The summed E-state index contributed by atoms with van der Waals surface area (Å²) < 4.78 is 24.1. The van der Waals surface area contributed by atoms with Crippen molar-refractivity contribution in [3.8, 4) is 11.5 Å². The minimum Gasteiger partial charge on any atom is -0.495 e. The van der Waals surface area contributed by atoms with Crippen molar-refractivity contribution in [1.29, 1.82) is 0 Å². The number of carbonyl (C=O) groups is 1. The number of benzene rings is 2. The van der Waals surface area contributed by atoms with Gasteiger partial charge in [-0.25, -0.2) is 4.39 Å². The van der Waals surface area contributed by atoms with E-state index < -0.39 is 11.6 Å². The molecule has 0 bridgehead atoms. The van der Waals surface area contributed by atoms with E-state index in [4.69, 9.17) is 32.7 Å². The Labute approximate surface area is 131 Å². The van der Waals surface area contributed by atoms with Gasteiger partial charge in [-0.1, -0.05) is 23.2 Å². The normalized spacial score (nSPS) is 10.3. The summed E-state index contributed by atoms with van der Waals surface area (Å²) in [5.41, 5.74) is 0.0310. The van der Waals surface area contributed by atoms with Crippen LogP contribution in [0.1, 0.15) is 15.9 Å². The smallest absolute Gasteiger partial charge is 0.199 e. The highest BCUT2D eigenvalue weighted by atomic mass is 35.5. The van der Waals surface area contributed by atoms with Gasteiger partial charge in [-0.2, -0.15) is 0 Å². The second kappa shape index (κ2) is 6.33. The van der Waals surface area contributed by atoms with Crippen LogP contribution < -0.4 is 9.47 Å². The van der Waals surface area contributed by atoms with E-state index in [0.717, 1.165) is 6.07 Å². The predicted molar refractivity (Wildman–Crippen MR) is 79.4 cm³/mol. The molecule has 0 atom stereocenters. The van der Waals surface area contributed by atoms with Crippen molar-refractivity contribution in [2.75, 3.05) is 14.2 Å². The molecule has 2 aromatic rings. The molecule has 0 radical (unpaired) electrons. The van der Waals surface area contributed by atoms with Crippen molar-refractivity contribution in [3.05, 3.63) is 57.3 Å². The Bertz CT molecular complexity index is 702. The maximum atomic E-state index is 13.9. The number of methoxy groups -OCH3 is 2. The lowest BCUT2D eigenvalue weighted by Crippen LogP contribution is -2.07. The topological polar surface area (TPSA) is 35.5 Å². The van der Waals surface area contributed by atoms with Gasteiger partial charge < -0.3 is 9.47 Å². The first-order valence-electron chi connectivity index (χ1n) is 5.89. The fourth-order valence-electron chi connectivity index (χ4n) is 1.89. The predicted octanol–water partition coefficient (Wildman–Crippen LogP) is 4.38. The molecule has 0 heterocycles. The van der Waals surface area contributed by atoms with Gasteiger partial charge in [0.15, 0.2) is 11.5 Å². The van der Waals surface area contributed by atoms with E-state index in [-0.39, 0.29) is 26.9 Å². The molecular formula is C15H11Cl2FO3. The van der Waals surface area contributed by atoms with Gasteiger partial charge in [0.05, 0.1) is 25.3 Å². The van der Waals surface area contributed by atoms with Crippen molar-refractivity contribution in [1.82, 2.24) is 0 Å². The monoisotopic (exact) mass is 328 g/mol. The fourth-order valence-corrected chi connectivity index (χ4v) is 2.37. The van der Waals surface area contributed by atoms with Gasteiger partial charge >= 0.3 is 0 Å². The van der Waals surface area contributed by atoms with E-state index in [1.807, 2.05) is 0 Å². The summed E-state index contributed by atoms with van der Waals surface area (Å²) in [6.45, 7) is 0. The van der Waals surface area contributed by atoms with Gasteiger partial charge in [-0.05, 0) is 30.3 Å². The third kappa shape index (κ3) is 2.96. The minimum absolute atomic E-state index is 0.112. The molecule has 6 heteroatoms. The van der Waals surface area contributed by atoms with Crippen molar-refractivity contribution in [2.45, 2.75) is 0 Å². The fraction of sp³-hybridized carbons (Fsp3) is 0.133. The largest absolute Gasteiger partial charge is 0.495 e. The summed E-state index contributed by atoms with van der Waals surface area (Å²) in [6, 6.07) is 6.82. The van der Waals surface area contributed by atoms with Gasteiger partial charge in [-0.15, -0.1) is 0 Å². The standard InChI is InChI=1S/C15H11Cl2FO3/c1-20-12-6-5-10(15(21-2)13(12)17)14(19)9-4-3-8(16)7-11(9)18/h3-7H,1-2H3. The molecule has 0 saturated carbocycles. The van der Waals surface area contributed by atoms with Crippen molar-refractivity contribution in [2.24, 2.45) is 0 Å². The zero-order valence-corrected chi connectivity index (χ0v) is 12.8. The van der Waals surface area contributed by atoms with E-state index in [1.165, 1.54) is 38.5 Å². The second-order valence-corrected chi connectivity index (χ2v) is 4.93. The zero-order chi connectivity index (χ0) is 15.6. The van der Waals surface area contributed by atoms with Crippen LogP contribution in [0.25, 0.3) is 0 Å². The van der Waals surface area contributed by atoms with Crippen LogP contribution in [-0.2, 0) is 0 Å². The molecule has 110 valence electrons. The van der Waals surface area contributed by atoms with Crippen LogP contribution in [0.4, 0.5) is 4.39 Å². The number of rotatable bonds is 4. The van der Waals surface area contributed by atoms with E-state index >= 15 is 0 Å². The van der Waals surface area contributed by atoms with Crippen molar-refractivity contribution < 1.29 is 18.7 Å². The highest BCUT2D eigenvalue weighted by molar-refractivity contribution is 6.34. The van der Waals surface area contributed by atoms with Crippen LogP contribution in [0.3, 0.4) is 0 Å². The van der Waals surface area contributed by atoms with Crippen molar-refractivity contribution >= 4 is 29.0 Å². The molecule has 0 saturated heterocycles. The van der Waals surface area contributed by atoms with Crippen LogP contribution in [0.15, 0.2) is 30.3 Å². The highest BCUT2D eigenvalue weighted by Crippen LogP contribution is 2.38. The second-order valence-electron chi connectivity index (χ2n) is 4.12. The summed E-state index contributed by atoms with van der Waals surface area (Å²) >= 11 is 11.8. The molecule has 2 rings (SSSR count). The molecule has 0 aliphatic carbocycles. The molecule has 0 fully saturated rings. The molecule has 0 amide bonds. The molecule has 21 heavy (non-hydrogen) atoms. The van der Waals surface area contributed by atoms with Crippen molar-refractivity contribution in [3.63, 3.8) is 0 Å². The first-order chi connectivity index (χ1) is 9.99. The SMILES string of the molecule is COc1ccc(C(=O)c2ccc(Cl)cc2F)c(OC)c1Cl. The highest BCUT2D eigenvalue weighted by Gasteiger charge is 2.22. The summed E-state index contributed by atoms with van der Waals surface area (Å²) in [6.07, 6.45) is 0. The van der Waals surface area contributed by atoms with Crippen LogP contribution in [0.2, 0.25) is 10.0 Å². The Hall–Kier alpha value is -1.78. The minimum atomic E-state index is -0.707. The van der Waals surface area contributed by atoms with Gasteiger partial charge in [0, 0.05) is 5.02 Å². The van der Waals surface area contributed by atoms with E-state index in [0.29, 0.717) is 5.75 Å². The number of hydrogen-bond donors (Lipinski definition) is 0. The summed E-state index contributed by atoms with van der Waals surface area (Å²) in [5, 5.41) is 0.365. The molecular weight excluding hydrogens is 318 g/mol. The van der Waals surface area contributed by atoms with Crippen LogP contribution in [-0.4, -0.2) is 20.0 Å². The molecule has 0 aliphatic rings. The number of carbonyl (C=O) groups excluding carboxylic acids is 1. The maximum Gasteiger partial charge on any atom is 0.199 e. The lowest BCUT2D eigenvalue weighted by molar-refractivity contribution is 0.103. The average molecular weight is 329 g/mol. The zero-order valence-electron chi connectivity index (χ0n) is 11.2. The molecule has 0 aromatic heterocycles. The Morgan fingerprint density at radius 3 is 2.29 bits per heavy atom. The first-order valence-corrected chi connectivity index (χ1v) is 6.65. The number of ether oxygens (including phenoxy) is 2. The summed E-state index contributed by atoms with van der Waals surface area (Å²) in [5.74, 6) is -0.760. The average Bonchev–Trinajstić information content (AvgIpc) is 2.46. The molecule has 0 unspecified atom stereocenters. The lowest BCUT2D eigenvalue weighted by Gasteiger charge is -2.12. The molecule has 3 nitrogen and oxygen atoms in total. The molecule has 0 aliphatic heterocycles. The van der Waals surface area contributed by atoms with Crippen LogP contribution in [0, 0.1) is 5.82 Å². The van der Waals surface area contributed by atoms with E-state index in [9.17, 15) is 9.18 Å². The summed E-state index contributed by atoms with van der Waals surface area (Å²) in [7, 11) is 2.82. The van der Waals surface area contributed by atoms with Gasteiger partial charge in [-0.3, -0.25) is 4.79 Å². The third-order valence-corrected chi connectivity index (χ3v) is 3.50. The summed E-state index contributed by atoms with van der Waals surface area (Å²) in [4.78, 5) is 12.4. The number of halogens is 3.